The minimum Gasteiger partial charge on any atom is -0.312 e. The number of carbonyl (C=O) groups is 3. The van der Waals surface area contributed by atoms with Crippen molar-refractivity contribution in [3.05, 3.63) is 47.3 Å². The van der Waals surface area contributed by atoms with E-state index in [0.717, 1.165) is 23.5 Å². The van der Waals surface area contributed by atoms with Gasteiger partial charge in [-0.15, -0.1) is 0 Å². The van der Waals surface area contributed by atoms with Crippen LogP contribution in [0.5, 0.6) is 0 Å². The van der Waals surface area contributed by atoms with E-state index in [1.54, 1.807) is 9.58 Å². The van der Waals surface area contributed by atoms with Crippen molar-refractivity contribution >= 4 is 23.4 Å². The Hall–Kier alpha value is -3.16. The third-order valence-electron chi connectivity index (χ3n) is 4.87. The van der Waals surface area contributed by atoms with Crippen molar-refractivity contribution in [3.63, 3.8) is 0 Å². The molecule has 3 amide bonds. The Kier molecular flexibility index (Phi) is 5.77. The molecule has 1 fully saturated rings. The lowest BCUT2D eigenvalue weighted by Gasteiger charge is -2.17. The van der Waals surface area contributed by atoms with E-state index >= 15 is 0 Å². The van der Waals surface area contributed by atoms with Crippen molar-refractivity contribution < 1.29 is 14.4 Å². The lowest BCUT2D eigenvalue weighted by Crippen LogP contribution is -2.46. The van der Waals surface area contributed by atoms with Crippen molar-refractivity contribution in [3.8, 4) is 0 Å². The summed E-state index contributed by atoms with van der Waals surface area (Å²) in [4.78, 5) is 38.3. The van der Waals surface area contributed by atoms with Gasteiger partial charge in [-0.25, -0.2) is 0 Å². The van der Waals surface area contributed by atoms with E-state index in [-0.39, 0.29) is 30.7 Å². The topological polar surface area (TPSA) is 96.3 Å². The van der Waals surface area contributed by atoms with Gasteiger partial charge in [-0.2, -0.15) is 5.10 Å². The van der Waals surface area contributed by atoms with Crippen LogP contribution in [0, 0.1) is 19.8 Å². The monoisotopic (exact) mass is 383 g/mol. The maximum Gasteiger partial charge on any atom is 0.260 e. The lowest BCUT2D eigenvalue weighted by atomic mass is 10.1. The highest BCUT2D eigenvalue weighted by atomic mass is 16.2. The van der Waals surface area contributed by atoms with E-state index in [2.05, 4.69) is 22.9 Å². The molecule has 1 aliphatic rings. The second-order valence-electron chi connectivity index (χ2n) is 7.05. The van der Waals surface area contributed by atoms with Crippen molar-refractivity contribution in [1.29, 1.82) is 0 Å². The van der Waals surface area contributed by atoms with Gasteiger partial charge in [0.25, 0.3) is 5.91 Å². The van der Waals surface area contributed by atoms with E-state index in [9.17, 15) is 14.4 Å². The Balaban J connectivity index is 1.52. The molecule has 2 heterocycles. The molecule has 3 rings (SSSR count). The molecule has 1 saturated heterocycles. The van der Waals surface area contributed by atoms with Crippen LogP contribution in [0.2, 0.25) is 0 Å². The van der Waals surface area contributed by atoms with Crippen molar-refractivity contribution in [2.75, 3.05) is 11.4 Å². The Morgan fingerprint density at radius 2 is 1.89 bits per heavy atom. The number of carbonyl (C=O) groups excluding carboxylic acids is 3. The van der Waals surface area contributed by atoms with Crippen LogP contribution in [0.4, 0.5) is 5.69 Å². The molecule has 0 unspecified atom stereocenters. The molecule has 8 heteroatoms. The molecule has 1 aromatic carbocycles. The number of rotatable bonds is 5. The van der Waals surface area contributed by atoms with Gasteiger partial charge in [0.15, 0.2) is 0 Å². The Bertz CT molecular complexity index is 888. The molecule has 0 radical (unpaired) electrons. The number of amides is 3. The fraction of sp³-hybridized carbons (Fsp3) is 0.400. The predicted molar refractivity (Wildman–Crippen MR) is 104 cm³/mol. The molecule has 2 aromatic rings. The maximum atomic E-state index is 12.4. The third kappa shape index (κ3) is 4.39. The number of hydrogen-bond acceptors (Lipinski definition) is 4. The molecule has 0 saturated carbocycles. The highest BCUT2D eigenvalue weighted by molar-refractivity contribution is 6.00. The summed E-state index contributed by atoms with van der Waals surface area (Å²) in [5.74, 6) is -1.36. The average Bonchev–Trinajstić information content (AvgIpc) is 3.21. The Morgan fingerprint density at radius 3 is 2.50 bits per heavy atom. The molecule has 0 aliphatic carbocycles. The SMILES string of the molecule is CCc1ccc(N2C[C@H](C(=O)NNC(=O)Cn3nc(C)cc3C)CC2=O)cc1. The number of benzene rings is 1. The molecule has 1 aliphatic heterocycles. The molecule has 28 heavy (non-hydrogen) atoms. The normalized spacial score (nSPS) is 16.3. The van der Waals surface area contributed by atoms with Crippen LogP contribution < -0.4 is 15.8 Å². The number of hydrogen-bond donors (Lipinski definition) is 2. The van der Waals surface area contributed by atoms with Crippen LogP contribution in [0.25, 0.3) is 0 Å². The fourth-order valence-electron chi connectivity index (χ4n) is 3.29. The average molecular weight is 383 g/mol. The first-order chi connectivity index (χ1) is 13.4. The first kappa shape index (κ1) is 19.6. The summed E-state index contributed by atoms with van der Waals surface area (Å²) >= 11 is 0. The number of hydrazine groups is 1. The van der Waals surface area contributed by atoms with E-state index in [1.165, 1.54) is 5.56 Å². The van der Waals surface area contributed by atoms with Crippen molar-refractivity contribution in [2.45, 2.75) is 40.2 Å². The summed E-state index contributed by atoms with van der Waals surface area (Å²) in [6.45, 7) is 6.09. The molecule has 8 nitrogen and oxygen atoms in total. The zero-order chi connectivity index (χ0) is 20.3. The summed E-state index contributed by atoms with van der Waals surface area (Å²) < 4.78 is 1.57. The summed E-state index contributed by atoms with van der Waals surface area (Å²) in [7, 11) is 0. The number of aromatic nitrogens is 2. The van der Waals surface area contributed by atoms with Crippen LogP contribution in [0.3, 0.4) is 0 Å². The smallest absolute Gasteiger partial charge is 0.260 e. The quantitative estimate of drug-likeness (QED) is 0.760. The molecule has 1 aromatic heterocycles. The maximum absolute atomic E-state index is 12.4. The van der Waals surface area contributed by atoms with Crippen LogP contribution in [0.15, 0.2) is 30.3 Å². The third-order valence-corrected chi connectivity index (χ3v) is 4.87. The molecular formula is C20H25N5O3. The van der Waals surface area contributed by atoms with Gasteiger partial charge in [-0.05, 0) is 44.0 Å². The predicted octanol–water partition coefficient (Wildman–Crippen LogP) is 1.26. The number of anilines is 1. The number of nitrogens with zero attached hydrogens (tertiary/aromatic N) is 3. The first-order valence-electron chi connectivity index (χ1n) is 9.36. The molecule has 1 atom stereocenters. The lowest BCUT2D eigenvalue weighted by molar-refractivity contribution is -0.131. The molecule has 0 bridgehead atoms. The van der Waals surface area contributed by atoms with Crippen LogP contribution >= 0.6 is 0 Å². The number of aryl methyl sites for hydroxylation is 3. The van der Waals surface area contributed by atoms with Gasteiger partial charge >= 0.3 is 0 Å². The van der Waals surface area contributed by atoms with E-state index < -0.39 is 5.92 Å². The van der Waals surface area contributed by atoms with Crippen molar-refractivity contribution in [1.82, 2.24) is 20.6 Å². The second-order valence-corrected chi connectivity index (χ2v) is 7.05. The summed E-state index contributed by atoms with van der Waals surface area (Å²) in [5.41, 5.74) is 8.49. The van der Waals surface area contributed by atoms with E-state index in [4.69, 9.17) is 0 Å². The minimum absolute atomic E-state index is 0.0133. The number of nitrogens with one attached hydrogen (secondary N) is 2. The van der Waals surface area contributed by atoms with Gasteiger partial charge in [0, 0.05) is 24.3 Å². The van der Waals surface area contributed by atoms with Gasteiger partial charge in [0.05, 0.1) is 11.6 Å². The first-order valence-corrected chi connectivity index (χ1v) is 9.36. The van der Waals surface area contributed by atoms with E-state index in [0.29, 0.717) is 6.54 Å². The van der Waals surface area contributed by atoms with Gasteiger partial charge in [-0.3, -0.25) is 29.9 Å². The van der Waals surface area contributed by atoms with Gasteiger partial charge in [-0.1, -0.05) is 19.1 Å². The molecular weight excluding hydrogens is 358 g/mol. The summed E-state index contributed by atoms with van der Waals surface area (Å²) in [6, 6.07) is 9.63. The van der Waals surface area contributed by atoms with Crippen LogP contribution in [0.1, 0.15) is 30.3 Å². The molecule has 0 spiro atoms. The minimum atomic E-state index is -0.507. The zero-order valence-corrected chi connectivity index (χ0v) is 16.4. The zero-order valence-electron chi connectivity index (χ0n) is 16.4. The summed E-state index contributed by atoms with van der Waals surface area (Å²) in [6.07, 6.45) is 1.05. The van der Waals surface area contributed by atoms with Crippen molar-refractivity contribution in [2.24, 2.45) is 5.92 Å². The highest BCUT2D eigenvalue weighted by Crippen LogP contribution is 2.25. The Morgan fingerprint density at radius 1 is 1.18 bits per heavy atom. The van der Waals surface area contributed by atoms with Gasteiger partial charge in [0.2, 0.25) is 11.8 Å². The van der Waals surface area contributed by atoms with Gasteiger partial charge < -0.3 is 4.90 Å². The largest absolute Gasteiger partial charge is 0.312 e. The molecule has 148 valence electrons. The van der Waals surface area contributed by atoms with Gasteiger partial charge in [0.1, 0.15) is 6.54 Å². The fourth-order valence-corrected chi connectivity index (χ4v) is 3.29. The Labute approximate surface area is 163 Å². The standard InChI is InChI=1S/C20H25N5O3/c1-4-15-5-7-17(8-6-15)24-11-16(10-19(24)27)20(28)22-21-18(26)12-25-14(3)9-13(2)23-25/h5-9,16H,4,10-12H2,1-3H3,(H,21,26)(H,22,28)/t16-/m1/s1. The summed E-state index contributed by atoms with van der Waals surface area (Å²) in [5, 5.41) is 4.21. The van der Waals surface area contributed by atoms with E-state index in [1.807, 2.05) is 44.2 Å². The van der Waals surface area contributed by atoms with Crippen LogP contribution in [-0.4, -0.2) is 34.0 Å². The molecule has 2 N–H and O–H groups in total. The second kappa shape index (κ2) is 8.24. The van der Waals surface area contributed by atoms with Crippen LogP contribution in [-0.2, 0) is 27.3 Å². The highest BCUT2D eigenvalue weighted by Gasteiger charge is 2.35.